The summed E-state index contributed by atoms with van der Waals surface area (Å²) in [6.45, 7) is -0.0717. The Morgan fingerprint density at radius 1 is 1.52 bits per heavy atom. The molecule has 1 saturated carbocycles. The molecule has 0 bridgehead atoms. The van der Waals surface area contributed by atoms with Crippen molar-refractivity contribution >= 4 is 5.91 Å². The van der Waals surface area contributed by atoms with E-state index in [2.05, 4.69) is 15.4 Å². The Kier molecular flexibility index (Phi) is 4.57. The van der Waals surface area contributed by atoms with Gasteiger partial charge < -0.3 is 15.2 Å². The van der Waals surface area contributed by atoms with E-state index in [4.69, 9.17) is 4.74 Å². The van der Waals surface area contributed by atoms with Gasteiger partial charge in [0.15, 0.2) is 6.61 Å². The maximum Gasteiger partial charge on any atom is 0.258 e. The van der Waals surface area contributed by atoms with Crippen molar-refractivity contribution < 1.29 is 14.6 Å². The van der Waals surface area contributed by atoms with Crippen LogP contribution in [-0.4, -0.2) is 38.5 Å². The molecule has 23 heavy (non-hydrogen) atoms. The van der Waals surface area contributed by atoms with Crippen LogP contribution in [0.5, 0.6) is 5.75 Å². The van der Waals surface area contributed by atoms with Gasteiger partial charge in [0, 0.05) is 25.0 Å². The van der Waals surface area contributed by atoms with Gasteiger partial charge in [0.25, 0.3) is 5.91 Å². The molecule has 1 fully saturated rings. The summed E-state index contributed by atoms with van der Waals surface area (Å²) in [4.78, 5) is 16.1. The van der Waals surface area contributed by atoms with E-state index < -0.39 is 0 Å². The normalized spacial score (nSPS) is 21.3. The van der Waals surface area contributed by atoms with Crippen molar-refractivity contribution in [2.75, 3.05) is 6.61 Å². The van der Waals surface area contributed by atoms with Crippen molar-refractivity contribution in [3.05, 3.63) is 42.5 Å². The molecule has 1 amide bonds. The van der Waals surface area contributed by atoms with Crippen LogP contribution in [0.4, 0.5) is 0 Å². The van der Waals surface area contributed by atoms with Crippen LogP contribution in [0, 0.1) is 5.92 Å². The minimum absolute atomic E-state index is 0.0717. The molecule has 1 atom stereocenters. The standard InChI is InChI=1S/C16H20N4O3/c1-20-9-12(7-18-20)16(11-5-13(21)6-11)19-15(22)10-23-14-3-2-4-17-8-14/h2-4,7-9,11,13,16,21H,5-6,10H2,1H3,(H,19,22). The lowest BCUT2D eigenvalue weighted by molar-refractivity contribution is -0.125. The summed E-state index contributed by atoms with van der Waals surface area (Å²) in [6.07, 6.45) is 7.94. The molecule has 122 valence electrons. The second-order valence-corrected chi connectivity index (χ2v) is 5.86. The van der Waals surface area contributed by atoms with E-state index in [9.17, 15) is 9.90 Å². The lowest BCUT2D eigenvalue weighted by atomic mass is 9.75. The molecule has 0 aromatic carbocycles. The van der Waals surface area contributed by atoms with Gasteiger partial charge in [0.1, 0.15) is 5.75 Å². The number of amides is 1. The topological polar surface area (TPSA) is 89.3 Å². The minimum Gasteiger partial charge on any atom is -0.482 e. The van der Waals surface area contributed by atoms with Gasteiger partial charge in [0.05, 0.1) is 24.5 Å². The third kappa shape index (κ3) is 3.87. The quantitative estimate of drug-likeness (QED) is 0.824. The first-order valence-corrected chi connectivity index (χ1v) is 7.60. The van der Waals surface area contributed by atoms with Gasteiger partial charge in [-0.1, -0.05) is 0 Å². The molecule has 2 aromatic rings. The number of nitrogens with zero attached hydrogens (tertiary/aromatic N) is 3. The third-order valence-electron chi connectivity index (χ3n) is 4.03. The highest BCUT2D eigenvalue weighted by atomic mass is 16.5. The van der Waals surface area contributed by atoms with Crippen LogP contribution >= 0.6 is 0 Å². The Morgan fingerprint density at radius 3 is 2.96 bits per heavy atom. The Labute approximate surface area is 134 Å². The highest BCUT2D eigenvalue weighted by Gasteiger charge is 2.36. The number of carbonyl (C=O) groups excluding carboxylic acids is 1. The number of hydrogen-bond donors (Lipinski definition) is 2. The number of rotatable bonds is 6. The smallest absolute Gasteiger partial charge is 0.258 e. The fourth-order valence-electron chi connectivity index (χ4n) is 2.77. The van der Waals surface area contributed by atoms with Gasteiger partial charge in [-0.3, -0.25) is 14.5 Å². The van der Waals surface area contributed by atoms with E-state index in [1.54, 1.807) is 35.4 Å². The summed E-state index contributed by atoms with van der Waals surface area (Å²) in [5.74, 6) is 0.570. The SMILES string of the molecule is Cn1cc(C(NC(=O)COc2cccnc2)C2CC(O)C2)cn1. The van der Waals surface area contributed by atoms with Crippen LogP contribution in [0.15, 0.2) is 36.9 Å². The molecular formula is C16H20N4O3. The van der Waals surface area contributed by atoms with Gasteiger partial charge >= 0.3 is 0 Å². The van der Waals surface area contributed by atoms with Crippen molar-refractivity contribution in [3.63, 3.8) is 0 Å². The first-order chi connectivity index (χ1) is 11.1. The highest BCUT2D eigenvalue weighted by Crippen LogP contribution is 2.37. The van der Waals surface area contributed by atoms with Gasteiger partial charge in [-0.2, -0.15) is 5.10 Å². The van der Waals surface area contributed by atoms with E-state index in [1.165, 1.54) is 0 Å². The summed E-state index contributed by atoms with van der Waals surface area (Å²) < 4.78 is 7.12. The number of aryl methyl sites for hydroxylation is 1. The van der Waals surface area contributed by atoms with Crippen LogP contribution in [0.25, 0.3) is 0 Å². The fourth-order valence-corrected chi connectivity index (χ4v) is 2.77. The maximum absolute atomic E-state index is 12.2. The van der Waals surface area contributed by atoms with Crippen molar-refractivity contribution in [3.8, 4) is 5.75 Å². The van der Waals surface area contributed by atoms with Crippen molar-refractivity contribution in [2.45, 2.75) is 25.0 Å². The molecule has 2 aromatic heterocycles. The number of pyridine rings is 1. The Balaban J connectivity index is 1.60. The van der Waals surface area contributed by atoms with Gasteiger partial charge in [0.2, 0.25) is 0 Å². The van der Waals surface area contributed by atoms with Crippen molar-refractivity contribution in [2.24, 2.45) is 13.0 Å². The maximum atomic E-state index is 12.2. The monoisotopic (exact) mass is 316 g/mol. The minimum atomic E-state index is -0.275. The lowest BCUT2D eigenvalue weighted by Crippen LogP contribution is -2.42. The number of hydrogen-bond acceptors (Lipinski definition) is 5. The molecule has 7 nitrogen and oxygen atoms in total. The first kappa shape index (κ1) is 15.5. The van der Waals surface area contributed by atoms with Crippen LogP contribution < -0.4 is 10.1 Å². The van der Waals surface area contributed by atoms with Crippen LogP contribution in [0.3, 0.4) is 0 Å². The molecule has 0 saturated heterocycles. The van der Waals surface area contributed by atoms with E-state index in [-0.39, 0.29) is 30.6 Å². The molecule has 7 heteroatoms. The molecule has 1 unspecified atom stereocenters. The number of ether oxygens (including phenoxy) is 1. The number of carbonyl (C=O) groups is 1. The fraction of sp³-hybridized carbons (Fsp3) is 0.438. The van der Waals surface area contributed by atoms with Crippen molar-refractivity contribution in [1.29, 1.82) is 0 Å². The van der Waals surface area contributed by atoms with E-state index in [0.717, 1.165) is 5.56 Å². The van der Waals surface area contributed by atoms with E-state index in [1.807, 2.05) is 13.2 Å². The predicted molar refractivity (Wildman–Crippen MR) is 82.6 cm³/mol. The number of aliphatic hydroxyl groups excluding tert-OH is 1. The second-order valence-electron chi connectivity index (χ2n) is 5.86. The summed E-state index contributed by atoms with van der Waals surface area (Å²) in [5, 5.41) is 16.7. The summed E-state index contributed by atoms with van der Waals surface area (Å²) in [6, 6.07) is 3.35. The summed E-state index contributed by atoms with van der Waals surface area (Å²) >= 11 is 0. The molecular weight excluding hydrogens is 296 g/mol. The van der Waals surface area contributed by atoms with Crippen molar-refractivity contribution in [1.82, 2.24) is 20.1 Å². The highest BCUT2D eigenvalue weighted by molar-refractivity contribution is 5.78. The summed E-state index contributed by atoms with van der Waals surface area (Å²) in [7, 11) is 1.84. The average Bonchev–Trinajstić information content (AvgIpc) is 2.95. The molecule has 2 heterocycles. The zero-order valence-corrected chi connectivity index (χ0v) is 12.9. The van der Waals surface area contributed by atoms with E-state index >= 15 is 0 Å². The predicted octanol–water partition coefficient (Wildman–Crippen LogP) is 0.822. The first-order valence-electron chi connectivity index (χ1n) is 7.60. The summed E-state index contributed by atoms with van der Waals surface area (Å²) in [5.41, 5.74) is 0.944. The zero-order chi connectivity index (χ0) is 16.2. The van der Waals surface area contributed by atoms with Gasteiger partial charge in [-0.05, 0) is 30.9 Å². The molecule has 1 aliphatic carbocycles. The number of aromatic nitrogens is 3. The largest absolute Gasteiger partial charge is 0.482 e. The second kappa shape index (κ2) is 6.78. The van der Waals surface area contributed by atoms with Gasteiger partial charge in [-0.25, -0.2) is 0 Å². The molecule has 0 spiro atoms. The van der Waals surface area contributed by atoms with Gasteiger partial charge in [-0.15, -0.1) is 0 Å². The third-order valence-corrected chi connectivity index (χ3v) is 4.03. The molecule has 0 radical (unpaired) electrons. The van der Waals surface area contributed by atoms with E-state index in [0.29, 0.717) is 18.6 Å². The Morgan fingerprint density at radius 2 is 2.35 bits per heavy atom. The molecule has 0 aliphatic heterocycles. The Bertz CT molecular complexity index is 652. The molecule has 3 rings (SSSR count). The zero-order valence-electron chi connectivity index (χ0n) is 12.9. The number of nitrogens with one attached hydrogen (secondary N) is 1. The van der Waals surface area contributed by atoms with Crippen LogP contribution in [-0.2, 0) is 11.8 Å². The van der Waals surface area contributed by atoms with Crippen LogP contribution in [0.1, 0.15) is 24.4 Å². The lowest BCUT2D eigenvalue weighted by Gasteiger charge is -2.37. The Hall–Kier alpha value is -2.41. The molecule has 2 N–H and O–H groups in total. The molecule has 1 aliphatic rings. The average molecular weight is 316 g/mol. The van der Waals surface area contributed by atoms with Crippen LogP contribution in [0.2, 0.25) is 0 Å². The number of aliphatic hydroxyl groups is 1.